The third-order valence-electron chi connectivity index (χ3n) is 2.23. The number of aliphatic carboxylic acids is 1. The van der Waals surface area contributed by atoms with E-state index in [1.807, 2.05) is 18.2 Å². The lowest BCUT2D eigenvalue weighted by atomic mass is 10.1. The maximum atomic E-state index is 10.7. The highest BCUT2D eigenvalue weighted by Crippen LogP contribution is 2.02. The number of ether oxygens (including phenoxy) is 1. The van der Waals surface area contributed by atoms with Gasteiger partial charge in [-0.05, 0) is 25.3 Å². The molecule has 1 N–H and O–H groups in total. The van der Waals surface area contributed by atoms with Crippen LogP contribution in [0.5, 0.6) is 0 Å². The number of carbonyl (C=O) groups is 2. The molecule has 1 aromatic rings. The molecule has 1 aromatic carbocycles. The molecule has 0 radical (unpaired) electrons. The number of rotatable bonds is 6. The maximum absolute atomic E-state index is 10.7. The molecule has 0 aliphatic rings. The lowest BCUT2D eigenvalue weighted by Gasteiger charge is -2.01. The van der Waals surface area contributed by atoms with Gasteiger partial charge in [0, 0.05) is 11.6 Å². The Kier molecular flexibility index (Phi) is 9.31. The van der Waals surface area contributed by atoms with Crippen molar-refractivity contribution in [1.29, 1.82) is 0 Å². The second-order valence-electron chi connectivity index (χ2n) is 4.05. The summed E-state index contributed by atoms with van der Waals surface area (Å²) < 4.78 is 4.86. The minimum atomic E-state index is -0.935. The van der Waals surface area contributed by atoms with Crippen LogP contribution in [0.25, 0.3) is 0 Å². The van der Waals surface area contributed by atoms with Crippen LogP contribution in [0.4, 0.5) is 0 Å². The van der Waals surface area contributed by atoms with Crippen molar-refractivity contribution in [1.82, 2.24) is 0 Å². The minimum absolute atomic E-state index is 0.176. The van der Waals surface area contributed by atoms with Gasteiger partial charge in [-0.2, -0.15) is 0 Å². The number of benzene rings is 1. The van der Waals surface area contributed by atoms with Crippen LogP contribution in [-0.2, 0) is 20.7 Å². The summed E-state index contributed by atoms with van der Waals surface area (Å²) in [5, 5.41) is 7.89. The van der Waals surface area contributed by atoms with Gasteiger partial charge in [0.1, 0.15) is 0 Å². The van der Waals surface area contributed by atoms with Gasteiger partial charge >= 0.3 is 11.9 Å². The fourth-order valence-corrected chi connectivity index (χ4v) is 1.15. The smallest absolute Gasteiger partial charge is 0.330 e. The van der Waals surface area contributed by atoms with E-state index in [9.17, 15) is 9.59 Å². The molecule has 20 heavy (non-hydrogen) atoms. The van der Waals surface area contributed by atoms with Crippen LogP contribution in [-0.4, -0.2) is 23.7 Å². The lowest BCUT2D eigenvalue weighted by Crippen LogP contribution is -2.02. The molecule has 1 rings (SSSR count). The van der Waals surface area contributed by atoms with E-state index in [4.69, 9.17) is 9.84 Å². The van der Waals surface area contributed by atoms with E-state index >= 15 is 0 Å². The van der Waals surface area contributed by atoms with E-state index in [2.05, 4.69) is 25.3 Å². The highest BCUT2D eigenvalue weighted by molar-refractivity contribution is 5.84. The molecule has 108 valence electrons. The molecule has 0 heterocycles. The number of esters is 1. The lowest BCUT2D eigenvalue weighted by molar-refractivity contribution is -0.137. The van der Waals surface area contributed by atoms with Crippen LogP contribution in [0, 0.1) is 0 Å². The first-order valence-electron chi connectivity index (χ1n) is 6.19. The normalized spacial score (nSPS) is 8.85. The summed E-state index contributed by atoms with van der Waals surface area (Å²) >= 11 is 0. The monoisotopic (exact) mass is 276 g/mol. The fraction of sp³-hybridized carbons (Fsp3) is 0.250. The van der Waals surface area contributed by atoms with E-state index < -0.39 is 5.97 Å². The van der Waals surface area contributed by atoms with Gasteiger partial charge in [0.25, 0.3) is 0 Å². The standard InChI is InChI=1S/C12H14O2.C4H6O2/c1-2-12(13)14-10-6-9-11-7-4-3-5-8-11;1-3(2)4(5)6/h2-5,7-8H,1,6,9-10H2;1H2,2H3,(H,5,6). The van der Waals surface area contributed by atoms with Crippen molar-refractivity contribution in [3.8, 4) is 0 Å². The van der Waals surface area contributed by atoms with Gasteiger partial charge in [0.05, 0.1) is 6.61 Å². The largest absolute Gasteiger partial charge is 0.478 e. The van der Waals surface area contributed by atoms with E-state index in [0.717, 1.165) is 12.8 Å². The summed E-state index contributed by atoms with van der Waals surface area (Å²) in [4.78, 5) is 20.3. The predicted molar refractivity (Wildman–Crippen MR) is 78.4 cm³/mol. The van der Waals surface area contributed by atoms with Gasteiger partial charge in [-0.25, -0.2) is 9.59 Å². The van der Waals surface area contributed by atoms with Crippen LogP contribution in [0.2, 0.25) is 0 Å². The topological polar surface area (TPSA) is 63.6 Å². The first-order chi connectivity index (χ1) is 9.47. The second-order valence-corrected chi connectivity index (χ2v) is 4.05. The number of carboxylic acid groups (broad SMARTS) is 1. The Balaban J connectivity index is 0.000000511. The Bertz CT molecular complexity index is 437. The van der Waals surface area contributed by atoms with Gasteiger partial charge in [0.2, 0.25) is 0 Å². The molecule has 0 aliphatic heterocycles. The van der Waals surface area contributed by atoms with Gasteiger partial charge in [-0.15, -0.1) is 0 Å². The molecule has 0 saturated heterocycles. The molecule has 0 saturated carbocycles. The highest BCUT2D eigenvalue weighted by atomic mass is 16.5. The molecule has 0 aromatic heterocycles. The SMILES string of the molecule is C=C(C)C(=O)O.C=CC(=O)OCCCc1ccccc1. The van der Waals surface area contributed by atoms with Crippen molar-refractivity contribution in [3.63, 3.8) is 0 Å². The van der Waals surface area contributed by atoms with Crippen LogP contribution >= 0.6 is 0 Å². The molecule has 0 aliphatic carbocycles. The molecule has 0 unspecified atom stereocenters. The number of carbonyl (C=O) groups excluding carboxylic acids is 1. The molecule has 0 fully saturated rings. The summed E-state index contributed by atoms with van der Waals surface area (Å²) in [7, 11) is 0. The number of hydrogen-bond donors (Lipinski definition) is 1. The third kappa shape index (κ3) is 9.65. The Labute approximate surface area is 119 Å². The average molecular weight is 276 g/mol. The molecular weight excluding hydrogens is 256 g/mol. The Morgan fingerprint density at radius 1 is 1.30 bits per heavy atom. The molecule has 4 nitrogen and oxygen atoms in total. The zero-order valence-electron chi connectivity index (χ0n) is 11.7. The second kappa shape index (κ2) is 10.6. The number of hydrogen-bond acceptors (Lipinski definition) is 3. The number of aryl methyl sites for hydroxylation is 1. The van der Waals surface area contributed by atoms with Crippen LogP contribution < -0.4 is 0 Å². The maximum Gasteiger partial charge on any atom is 0.330 e. The molecule has 0 atom stereocenters. The van der Waals surface area contributed by atoms with E-state index in [-0.39, 0.29) is 11.5 Å². The van der Waals surface area contributed by atoms with E-state index in [0.29, 0.717) is 6.61 Å². The fourth-order valence-electron chi connectivity index (χ4n) is 1.15. The quantitative estimate of drug-likeness (QED) is 0.493. The number of carboxylic acids is 1. The Hall–Kier alpha value is -2.36. The van der Waals surface area contributed by atoms with Crippen LogP contribution in [0.1, 0.15) is 18.9 Å². The van der Waals surface area contributed by atoms with E-state index in [1.54, 1.807) is 0 Å². The summed E-state index contributed by atoms with van der Waals surface area (Å²) in [6.45, 7) is 8.38. The van der Waals surface area contributed by atoms with E-state index in [1.165, 1.54) is 18.6 Å². The summed E-state index contributed by atoms with van der Waals surface area (Å²) in [6, 6.07) is 10.1. The van der Waals surface area contributed by atoms with Crippen molar-refractivity contribution in [2.75, 3.05) is 6.61 Å². The first kappa shape index (κ1) is 17.6. The average Bonchev–Trinajstić information content (AvgIpc) is 2.45. The summed E-state index contributed by atoms with van der Waals surface area (Å²) in [6.07, 6.45) is 2.97. The molecule has 0 amide bonds. The van der Waals surface area contributed by atoms with Crippen LogP contribution in [0.3, 0.4) is 0 Å². The Morgan fingerprint density at radius 3 is 2.30 bits per heavy atom. The van der Waals surface area contributed by atoms with Crippen molar-refractivity contribution >= 4 is 11.9 Å². The van der Waals surface area contributed by atoms with Crippen LogP contribution in [0.15, 0.2) is 55.1 Å². The predicted octanol–water partition coefficient (Wildman–Crippen LogP) is 3.00. The third-order valence-corrected chi connectivity index (χ3v) is 2.23. The van der Waals surface area contributed by atoms with Crippen molar-refractivity contribution in [2.45, 2.75) is 19.8 Å². The van der Waals surface area contributed by atoms with Gasteiger partial charge in [-0.3, -0.25) is 0 Å². The molecule has 4 heteroatoms. The summed E-state index contributed by atoms with van der Waals surface area (Å²) in [5.41, 5.74) is 1.44. The first-order valence-corrected chi connectivity index (χ1v) is 6.19. The molecule has 0 spiro atoms. The molecule has 0 bridgehead atoms. The highest BCUT2D eigenvalue weighted by Gasteiger charge is 1.95. The zero-order chi connectivity index (χ0) is 15.4. The minimum Gasteiger partial charge on any atom is -0.478 e. The van der Waals surface area contributed by atoms with Gasteiger partial charge in [0.15, 0.2) is 0 Å². The van der Waals surface area contributed by atoms with Crippen molar-refractivity contribution in [2.24, 2.45) is 0 Å². The van der Waals surface area contributed by atoms with Gasteiger partial charge in [-0.1, -0.05) is 43.5 Å². The van der Waals surface area contributed by atoms with Crippen molar-refractivity contribution in [3.05, 3.63) is 60.7 Å². The van der Waals surface area contributed by atoms with Crippen molar-refractivity contribution < 1.29 is 19.4 Å². The Morgan fingerprint density at radius 2 is 1.85 bits per heavy atom. The summed E-state index contributed by atoms with van der Waals surface area (Å²) in [5.74, 6) is -1.28. The molecular formula is C16H20O4. The zero-order valence-corrected chi connectivity index (χ0v) is 11.7. The van der Waals surface area contributed by atoms with Gasteiger partial charge < -0.3 is 9.84 Å².